The Morgan fingerprint density at radius 3 is 2.38 bits per heavy atom. The summed E-state index contributed by atoms with van der Waals surface area (Å²) in [5.74, 6) is 0.945. The van der Waals surface area contributed by atoms with Gasteiger partial charge >= 0.3 is 0 Å². The Morgan fingerprint density at radius 2 is 1.79 bits per heavy atom. The summed E-state index contributed by atoms with van der Waals surface area (Å²) in [6.07, 6.45) is 3.78. The van der Waals surface area contributed by atoms with Gasteiger partial charge < -0.3 is 4.90 Å². The number of nitrogens with zero attached hydrogens (tertiary/aromatic N) is 5. The van der Waals surface area contributed by atoms with Crippen LogP contribution < -0.4 is 0 Å². The van der Waals surface area contributed by atoms with E-state index in [1.807, 2.05) is 11.7 Å². The second kappa shape index (κ2) is 6.94. The number of piperazine rings is 1. The zero-order valence-electron chi connectivity index (χ0n) is 15.0. The number of aromatic nitrogens is 2. The normalized spacial score (nSPS) is 31.7. The van der Waals surface area contributed by atoms with E-state index in [1.165, 1.54) is 51.1 Å². The predicted octanol–water partition coefficient (Wildman–Crippen LogP) is 1.85. The molecule has 4 aliphatic heterocycles. The van der Waals surface area contributed by atoms with Crippen LogP contribution in [0.3, 0.4) is 0 Å². The molecule has 1 aromatic rings. The maximum Gasteiger partial charge on any atom is 0.131 e. The highest BCUT2D eigenvalue weighted by Gasteiger charge is 2.38. The Labute approximate surface area is 150 Å². The third-order valence-electron chi connectivity index (χ3n) is 6.37. The molecule has 0 amide bonds. The van der Waals surface area contributed by atoms with Crippen molar-refractivity contribution >= 4 is 11.6 Å². The van der Waals surface area contributed by atoms with Gasteiger partial charge in [0.25, 0.3) is 0 Å². The molecule has 24 heavy (non-hydrogen) atoms. The fourth-order valence-electron chi connectivity index (χ4n) is 4.86. The molecule has 0 radical (unpaired) electrons. The Kier molecular flexibility index (Phi) is 4.87. The summed E-state index contributed by atoms with van der Waals surface area (Å²) < 4.78 is 1.82. The van der Waals surface area contributed by atoms with E-state index in [4.69, 9.17) is 11.6 Å². The van der Waals surface area contributed by atoms with E-state index in [0.29, 0.717) is 0 Å². The van der Waals surface area contributed by atoms with Crippen molar-refractivity contribution in [2.45, 2.75) is 38.8 Å². The fraction of sp³-hybridized carbons (Fsp3) is 0.833. The first-order chi connectivity index (χ1) is 11.7. The van der Waals surface area contributed by atoms with Gasteiger partial charge in [0, 0.05) is 57.9 Å². The van der Waals surface area contributed by atoms with Crippen molar-refractivity contribution in [2.24, 2.45) is 13.0 Å². The van der Waals surface area contributed by atoms with Crippen LogP contribution in [0.4, 0.5) is 0 Å². The molecule has 5 heterocycles. The summed E-state index contributed by atoms with van der Waals surface area (Å²) >= 11 is 6.46. The van der Waals surface area contributed by atoms with E-state index < -0.39 is 0 Å². The van der Waals surface area contributed by atoms with E-state index in [-0.39, 0.29) is 0 Å². The summed E-state index contributed by atoms with van der Waals surface area (Å²) in [7, 11) is 1.94. The number of hydrogen-bond acceptors (Lipinski definition) is 4. The molecular weight excluding hydrogens is 322 g/mol. The highest BCUT2D eigenvalue weighted by molar-refractivity contribution is 6.30. The number of aryl methyl sites for hydroxylation is 2. The zero-order valence-corrected chi connectivity index (χ0v) is 15.8. The van der Waals surface area contributed by atoms with Crippen LogP contribution in [-0.2, 0) is 20.0 Å². The second-order valence-electron chi connectivity index (χ2n) is 7.71. The third-order valence-corrected chi connectivity index (χ3v) is 6.84. The average molecular weight is 352 g/mol. The molecule has 4 saturated heterocycles. The van der Waals surface area contributed by atoms with Crippen LogP contribution in [0.25, 0.3) is 0 Å². The Hall–Kier alpha value is -0.620. The molecule has 0 spiro atoms. The molecule has 0 N–H and O–H groups in total. The summed E-state index contributed by atoms with van der Waals surface area (Å²) in [5.41, 5.74) is 2.39. The molecule has 1 unspecified atom stereocenters. The highest BCUT2D eigenvalue weighted by Crippen LogP contribution is 2.31. The molecule has 4 fully saturated rings. The van der Waals surface area contributed by atoms with Crippen molar-refractivity contribution in [3.05, 3.63) is 16.4 Å². The average Bonchev–Trinajstić information content (AvgIpc) is 2.91. The first-order valence-corrected chi connectivity index (χ1v) is 9.92. The van der Waals surface area contributed by atoms with Gasteiger partial charge in [0.15, 0.2) is 0 Å². The van der Waals surface area contributed by atoms with Gasteiger partial charge in [-0.15, -0.1) is 0 Å². The minimum Gasteiger partial charge on any atom is -0.302 e. The van der Waals surface area contributed by atoms with Crippen LogP contribution in [0.2, 0.25) is 5.15 Å². The Bertz CT molecular complexity index is 570. The van der Waals surface area contributed by atoms with E-state index >= 15 is 0 Å². The van der Waals surface area contributed by atoms with Crippen molar-refractivity contribution < 1.29 is 0 Å². The van der Waals surface area contributed by atoms with Crippen LogP contribution in [0.1, 0.15) is 31.0 Å². The smallest absolute Gasteiger partial charge is 0.131 e. The van der Waals surface area contributed by atoms with Crippen molar-refractivity contribution in [3.8, 4) is 0 Å². The van der Waals surface area contributed by atoms with Crippen molar-refractivity contribution in [2.75, 3.05) is 45.8 Å². The zero-order chi connectivity index (χ0) is 16.7. The second-order valence-corrected chi connectivity index (χ2v) is 8.07. The van der Waals surface area contributed by atoms with Crippen LogP contribution in [0.5, 0.6) is 0 Å². The van der Waals surface area contributed by atoms with Crippen LogP contribution in [0, 0.1) is 5.92 Å². The van der Waals surface area contributed by atoms with Gasteiger partial charge in [-0.1, -0.05) is 18.5 Å². The number of piperidine rings is 3. The number of fused-ring (bicyclic) bond motifs is 3. The lowest BCUT2D eigenvalue weighted by Crippen LogP contribution is -2.60. The summed E-state index contributed by atoms with van der Waals surface area (Å²) in [6, 6.07) is 0.808. The lowest BCUT2D eigenvalue weighted by molar-refractivity contribution is -0.0162. The molecule has 134 valence electrons. The quantitative estimate of drug-likeness (QED) is 0.827. The minimum atomic E-state index is 0.808. The van der Waals surface area contributed by atoms with Gasteiger partial charge in [0.1, 0.15) is 5.15 Å². The first kappa shape index (κ1) is 16.8. The standard InChI is InChI=1S/C18H30ClN5/c1-3-16-15(18(19)21(2)20-16)12-23-8-10-24(11-9-23)17-13-22-6-4-14(17)5-7-22/h14,17H,3-13H2,1-2H3. The maximum absolute atomic E-state index is 6.46. The SMILES string of the molecule is CCc1nn(C)c(Cl)c1CN1CCN(C2CN3CCC2CC3)CC1. The van der Waals surface area contributed by atoms with E-state index in [2.05, 4.69) is 26.7 Å². The van der Waals surface area contributed by atoms with E-state index in [9.17, 15) is 0 Å². The minimum absolute atomic E-state index is 0.808. The highest BCUT2D eigenvalue weighted by atomic mass is 35.5. The fourth-order valence-corrected chi connectivity index (χ4v) is 5.07. The lowest BCUT2D eigenvalue weighted by Gasteiger charge is -2.51. The van der Waals surface area contributed by atoms with Gasteiger partial charge in [-0.2, -0.15) is 5.10 Å². The van der Waals surface area contributed by atoms with E-state index in [1.54, 1.807) is 0 Å². The molecule has 1 aromatic heterocycles. The molecule has 5 nitrogen and oxygen atoms in total. The summed E-state index contributed by atoms with van der Waals surface area (Å²) in [4.78, 5) is 7.98. The monoisotopic (exact) mass is 351 g/mol. The van der Waals surface area contributed by atoms with Gasteiger partial charge in [0.2, 0.25) is 0 Å². The van der Waals surface area contributed by atoms with Crippen LogP contribution >= 0.6 is 11.6 Å². The third kappa shape index (κ3) is 3.12. The van der Waals surface area contributed by atoms with Crippen molar-refractivity contribution in [1.29, 1.82) is 0 Å². The van der Waals surface area contributed by atoms with Gasteiger partial charge in [-0.3, -0.25) is 14.5 Å². The number of rotatable bonds is 4. The van der Waals surface area contributed by atoms with Crippen LogP contribution in [0.15, 0.2) is 0 Å². The largest absolute Gasteiger partial charge is 0.302 e. The van der Waals surface area contributed by atoms with Gasteiger partial charge in [-0.25, -0.2) is 0 Å². The molecular formula is C18H30ClN5. The maximum atomic E-state index is 6.46. The molecule has 0 aromatic carbocycles. The summed E-state index contributed by atoms with van der Waals surface area (Å²) in [6.45, 7) is 11.8. The molecule has 2 bridgehead atoms. The van der Waals surface area contributed by atoms with Crippen LogP contribution in [-0.4, -0.2) is 76.3 Å². The summed E-state index contributed by atoms with van der Waals surface area (Å²) in [5, 5.41) is 5.36. The molecule has 4 aliphatic rings. The van der Waals surface area contributed by atoms with Crippen molar-refractivity contribution in [3.63, 3.8) is 0 Å². The lowest BCUT2D eigenvalue weighted by atomic mass is 9.83. The Morgan fingerprint density at radius 1 is 1.08 bits per heavy atom. The Balaban J connectivity index is 1.35. The molecule has 6 heteroatoms. The van der Waals surface area contributed by atoms with Gasteiger partial charge in [0.05, 0.1) is 5.69 Å². The van der Waals surface area contributed by atoms with Gasteiger partial charge in [-0.05, 0) is 38.3 Å². The number of halogens is 1. The number of hydrogen-bond donors (Lipinski definition) is 0. The molecule has 1 atom stereocenters. The molecule has 0 saturated carbocycles. The predicted molar refractivity (Wildman–Crippen MR) is 97.4 cm³/mol. The van der Waals surface area contributed by atoms with E-state index in [0.717, 1.165) is 48.9 Å². The van der Waals surface area contributed by atoms with Crippen molar-refractivity contribution in [1.82, 2.24) is 24.5 Å². The topological polar surface area (TPSA) is 27.5 Å². The molecule has 0 aliphatic carbocycles. The first-order valence-electron chi connectivity index (χ1n) is 9.54. The molecule has 5 rings (SSSR count).